The number of halogens is 2. The van der Waals surface area contributed by atoms with Gasteiger partial charge in [0, 0.05) is 10.0 Å². The number of phenolic OH excluding ortho intramolecular Hbond substituents is 2. The summed E-state index contributed by atoms with van der Waals surface area (Å²) in [5.74, 6) is -1.14. The zero-order valence-corrected chi connectivity index (χ0v) is 18.3. The Bertz CT molecular complexity index is 1030. The van der Waals surface area contributed by atoms with Gasteiger partial charge in [0.2, 0.25) is 0 Å². The van der Waals surface area contributed by atoms with Crippen molar-refractivity contribution < 1.29 is 24.3 Å². The van der Waals surface area contributed by atoms with Crippen LogP contribution in [-0.2, 0) is 9.59 Å². The lowest BCUT2D eigenvalue weighted by Gasteiger charge is -2.26. The third-order valence-electron chi connectivity index (χ3n) is 4.72. The number of phenols is 2. The van der Waals surface area contributed by atoms with Gasteiger partial charge < -0.3 is 20.8 Å². The van der Waals surface area contributed by atoms with Gasteiger partial charge in [0.15, 0.2) is 19.4 Å². The van der Waals surface area contributed by atoms with Crippen molar-refractivity contribution in [3.05, 3.63) is 57.8 Å². The Kier molecular flexibility index (Phi) is 6.54. The van der Waals surface area contributed by atoms with Crippen molar-refractivity contribution in [1.29, 1.82) is 0 Å². The fourth-order valence-corrected chi connectivity index (χ4v) is 3.40. The van der Waals surface area contributed by atoms with Gasteiger partial charge in [0.05, 0.1) is 17.6 Å². The van der Waals surface area contributed by atoms with Gasteiger partial charge >= 0.3 is 0 Å². The number of carbonyl (C=O) groups excluding carboxylic acids is 2. The fraction of sp³-hybridized carbons (Fsp3) is 0.190. The molecule has 0 bridgehead atoms. The maximum Gasteiger partial charge on any atom is 0.280 e. The van der Waals surface area contributed by atoms with E-state index in [0.29, 0.717) is 21.2 Å². The molecule has 8 nitrogen and oxygen atoms in total. The van der Waals surface area contributed by atoms with Crippen molar-refractivity contribution in [2.75, 3.05) is 23.7 Å². The number of quaternary nitrogens is 1. The van der Waals surface area contributed by atoms with Crippen LogP contribution in [0.25, 0.3) is 0 Å². The lowest BCUT2D eigenvalue weighted by molar-refractivity contribution is -0.760. The van der Waals surface area contributed by atoms with Crippen LogP contribution in [0.4, 0.5) is 11.4 Å². The molecule has 2 aromatic carbocycles. The van der Waals surface area contributed by atoms with Crippen LogP contribution in [0.2, 0.25) is 10.0 Å². The van der Waals surface area contributed by atoms with E-state index in [1.165, 1.54) is 36.8 Å². The molecule has 0 aliphatic carbocycles. The van der Waals surface area contributed by atoms with Crippen LogP contribution in [0.15, 0.2) is 41.7 Å². The van der Waals surface area contributed by atoms with Crippen LogP contribution in [0.3, 0.4) is 0 Å². The van der Waals surface area contributed by atoms with Crippen LogP contribution >= 0.6 is 23.2 Å². The molecule has 1 aliphatic heterocycles. The van der Waals surface area contributed by atoms with Gasteiger partial charge in [-0.25, -0.2) is 9.48 Å². The first-order valence-electron chi connectivity index (χ1n) is 9.25. The Balaban J connectivity index is 1.71. The number of aromatic hydroxyl groups is 2. The molecule has 0 aromatic heterocycles. The number of aryl methyl sites for hydroxylation is 2. The number of benzene rings is 2. The highest BCUT2D eigenvalue weighted by Gasteiger charge is 2.33. The van der Waals surface area contributed by atoms with Crippen molar-refractivity contribution in [3.63, 3.8) is 0 Å². The highest BCUT2D eigenvalue weighted by molar-refractivity contribution is 6.32. The minimum atomic E-state index is -0.456. The Morgan fingerprint density at radius 3 is 1.74 bits per heavy atom. The topological polar surface area (TPSA) is 111 Å². The van der Waals surface area contributed by atoms with Crippen molar-refractivity contribution in [3.8, 4) is 11.5 Å². The summed E-state index contributed by atoms with van der Waals surface area (Å²) >= 11 is 12.1. The first-order chi connectivity index (χ1) is 14.6. The lowest BCUT2D eigenvalue weighted by Crippen LogP contribution is -2.50. The smallest absolute Gasteiger partial charge is 0.280 e. The molecule has 162 valence electrons. The molecule has 0 radical (unpaired) electrons. The first-order valence-corrected chi connectivity index (χ1v) is 10.0. The summed E-state index contributed by atoms with van der Waals surface area (Å²) in [5, 5.41) is 26.1. The van der Waals surface area contributed by atoms with E-state index in [1.54, 1.807) is 20.0 Å². The standard InChI is InChI=1S/C21H20Cl2N4O4/c1-12-5-18(28)16(7-14(12)22)25-20(30)9-27(4-3-24-11-27)10-21(31)26-17-8-15(23)13(2)6-19(17)29/h3-8,11H,9-10H2,1-2H3,(H3-,25,26,28,29,30,31)/p+1. The second kappa shape index (κ2) is 8.97. The van der Waals surface area contributed by atoms with E-state index in [2.05, 4.69) is 15.6 Å². The minimum Gasteiger partial charge on any atom is -0.506 e. The zero-order valence-electron chi connectivity index (χ0n) is 16.8. The molecule has 0 atom stereocenters. The molecule has 2 amide bonds. The number of hydrogen-bond donors (Lipinski definition) is 4. The summed E-state index contributed by atoms with van der Waals surface area (Å²) in [5.41, 5.74) is 1.68. The fourth-order valence-electron chi connectivity index (χ4n) is 3.07. The quantitative estimate of drug-likeness (QED) is 0.384. The zero-order chi connectivity index (χ0) is 22.8. The summed E-state index contributed by atoms with van der Waals surface area (Å²) < 4.78 is -0.182. The maximum absolute atomic E-state index is 12.6. The van der Waals surface area contributed by atoms with E-state index in [4.69, 9.17) is 23.2 Å². The van der Waals surface area contributed by atoms with Crippen LogP contribution in [-0.4, -0.2) is 45.9 Å². The Hall–Kier alpha value is -3.07. The SMILES string of the molecule is Cc1cc(O)c(NC(=O)C[N+]2(CC(=O)Nc3cc(Cl)c(C)cc3O)C=CN=C2)cc1Cl. The highest BCUT2D eigenvalue weighted by atomic mass is 35.5. The van der Waals surface area contributed by atoms with E-state index in [0.717, 1.165) is 0 Å². The molecule has 0 unspecified atom stereocenters. The summed E-state index contributed by atoms with van der Waals surface area (Å²) in [7, 11) is 0. The number of aliphatic imine (C=N–C) groups is 1. The number of anilines is 2. The molecule has 0 spiro atoms. The van der Waals surface area contributed by atoms with Crippen molar-refractivity contribution in [1.82, 2.24) is 0 Å². The molecule has 31 heavy (non-hydrogen) atoms. The lowest BCUT2D eigenvalue weighted by atomic mass is 10.2. The number of rotatable bonds is 6. The van der Waals surface area contributed by atoms with Crippen molar-refractivity contribution in [2.45, 2.75) is 13.8 Å². The van der Waals surface area contributed by atoms with Gasteiger partial charge in [-0.05, 0) is 49.2 Å². The van der Waals surface area contributed by atoms with Gasteiger partial charge in [-0.3, -0.25) is 9.59 Å². The molecule has 10 heteroatoms. The van der Waals surface area contributed by atoms with Gasteiger partial charge in [-0.2, -0.15) is 0 Å². The van der Waals surface area contributed by atoms with Crippen LogP contribution in [0.5, 0.6) is 11.5 Å². The number of nitrogens with zero attached hydrogens (tertiary/aromatic N) is 2. The molecule has 1 aliphatic rings. The Labute approximate surface area is 189 Å². The largest absolute Gasteiger partial charge is 0.506 e. The summed E-state index contributed by atoms with van der Waals surface area (Å²) in [6.45, 7) is 3.16. The van der Waals surface area contributed by atoms with Gasteiger partial charge in [0.1, 0.15) is 17.7 Å². The van der Waals surface area contributed by atoms with Crippen LogP contribution < -0.4 is 10.6 Å². The van der Waals surface area contributed by atoms with E-state index < -0.39 is 11.8 Å². The first kappa shape index (κ1) is 22.6. The molecule has 4 N–H and O–H groups in total. The van der Waals surface area contributed by atoms with E-state index in [1.807, 2.05) is 0 Å². The third kappa shape index (κ3) is 5.35. The van der Waals surface area contributed by atoms with E-state index in [9.17, 15) is 19.8 Å². The molecule has 3 rings (SSSR count). The normalized spacial score (nSPS) is 13.9. The minimum absolute atomic E-state index is 0.114. The third-order valence-corrected chi connectivity index (χ3v) is 5.54. The summed E-state index contributed by atoms with van der Waals surface area (Å²) in [6.07, 6.45) is 4.55. The molecule has 0 saturated carbocycles. The van der Waals surface area contributed by atoms with Crippen LogP contribution in [0, 0.1) is 13.8 Å². The van der Waals surface area contributed by atoms with E-state index >= 15 is 0 Å². The summed E-state index contributed by atoms with van der Waals surface area (Å²) in [4.78, 5) is 29.3. The molecular weight excluding hydrogens is 443 g/mol. The predicted octanol–water partition coefficient (Wildman–Crippen LogP) is 3.93. The number of nitrogens with one attached hydrogen (secondary N) is 2. The second-order valence-electron chi connectivity index (χ2n) is 7.32. The number of hydrogen-bond acceptors (Lipinski definition) is 5. The van der Waals surface area contributed by atoms with Crippen molar-refractivity contribution >= 4 is 52.7 Å². The Morgan fingerprint density at radius 1 is 0.903 bits per heavy atom. The second-order valence-corrected chi connectivity index (χ2v) is 8.13. The number of amides is 2. The van der Waals surface area contributed by atoms with Gasteiger partial charge in [0.25, 0.3) is 11.8 Å². The van der Waals surface area contributed by atoms with Crippen molar-refractivity contribution in [2.24, 2.45) is 4.99 Å². The Morgan fingerprint density at radius 2 is 1.35 bits per heavy atom. The summed E-state index contributed by atoms with van der Waals surface area (Å²) in [6, 6.07) is 5.82. The van der Waals surface area contributed by atoms with Crippen LogP contribution in [0.1, 0.15) is 11.1 Å². The molecule has 0 fully saturated rings. The monoisotopic (exact) mass is 463 g/mol. The van der Waals surface area contributed by atoms with E-state index in [-0.39, 0.29) is 40.4 Å². The molecule has 1 heterocycles. The number of carbonyl (C=O) groups is 2. The molecular formula is C21H21Cl2N4O4+. The van der Waals surface area contributed by atoms with Gasteiger partial charge in [-0.1, -0.05) is 23.2 Å². The molecule has 0 saturated heterocycles. The average molecular weight is 464 g/mol. The average Bonchev–Trinajstić information content (AvgIpc) is 3.11. The predicted molar refractivity (Wildman–Crippen MR) is 121 cm³/mol. The van der Waals surface area contributed by atoms with Gasteiger partial charge in [-0.15, -0.1) is 0 Å². The molecule has 2 aromatic rings. The maximum atomic E-state index is 12.6. The highest BCUT2D eigenvalue weighted by Crippen LogP contribution is 2.31.